The maximum absolute atomic E-state index is 12.2. The van der Waals surface area contributed by atoms with Gasteiger partial charge in [0.15, 0.2) is 0 Å². The predicted octanol–water partition coefficient (Wildman–Crippen LogP) is 2.88. The molecule has 1 saturated heterocycles. The molecule has 2 fully saturated rings. The Labute approximate surface area is 159 Å². The number of rotatable bonds is 6. The Balaban J connectivity index is 1.31. The first-order valence-electron chi connectivity index (χ1n) is 9.56. The van der Waals surface area contributed by atoms with E-state index in [-0.39, 0.29) is 30.6 Å². The van der Waals surface area contributed by atoms with Crippen molar-refractivity contribution in [2.24, 2.45) is 5.92 Å². The molecular formula is C20H26N2O5. The van der Waals surface area contributed by atoms with Gasteiger partial charge in [-0.05, 0) is 37.2 Å². The minimum atomic E-state index is -0.534. The lowest BCUT2D eigenvalue weighted by atomic mass is 9.84. The number of benzene rings is 1. The van der Waals surface area contributed by atoms with Crippen LogP contribution in [0.3, 0.4) is 0 Å². The highest BCUT2D eigenvalue weighted by molar-refractivity contribution is 5.93. The lowest BCUT2D eigenvalue weighted by Crippen LogP contribution is -2.39. The lowest BCUT2D eigenvalue weighted by Gasteiger charge is -2.29. The molecule has 0 unspecified atom stereocenters. The molecule has 0 bridgehead atoms. The molecule has 1 saturated carbocycles. The number of ether oxygens (including phenoxy) is 2. The van der Waals surface area contributed by atoms with Gasteiger partial charge in [-0.15, -0.1) is 0 Å². The van der Waals surface area contributed by atoms with Crippen molar-refractivity contribution < 1.29 is 23.9 Å². The summed E-state index contributed by atoms with van der Waals surface area (Å²) in [7, 11) is 0. The molecule has 0 spiro atoms. The van der Waals surface area contributed by atoms with Gasteiger partial charge >= 0.3 is 12.2 Å². The van der Waals surface area contributed by atoms with Gasteiger partial charge in [0.05, 0.1) is 13.2 Å². The first-order valence-corrected chi connectivity index (χ1v) is 9.56. The van der Waals surface area contributed by atoms with Crippen LogP contribution in [-0.2, 0) is 20.7 Å². The van der Waals surface area contributed by atoms with E-state index < -0.39 is 6.09 Å². The average molecular weight is 374 g/mol. The molecule has 1 aliphatic carbocycles. The minimum Gasteiger partial charge on any atom is -0.449 e. The first-order chi connectivity index (χ1) is 13.1. The van der Waals surface area contributed by atoms with E-state index in [9.17, 15) is 14.4 Å². The van der Waals surface area contributed by atoms with Crippen molar-refractivity contribution in [3.05, 3.63) is 35.9 Å². The van der Waals surface area contributed by atoms with Gasteiger partial charge in [0.2, 0.25) is 5.91 Å². The Kier molecular flexibility index (Phi) is 6.68. The maximum Gasteiger partial charge on any atom is 0.416 e. The molecule has 0 radical (unpaired) electrons. The molecule has 146 valence electrons. The summed E-state index contributed by atoms with van der Waals surface area (Å²) in [5.41, 5.74) is 1.14. The SMILES string of the molecule is O=C(NC1CCC(CC(=O)N2CCOC2=O)CC1)OCCc1ccccc1. The number of hydrogen-bond acceptors (Lipinski definition) is 5. The van der Waals surface area contributed by atoms with Crippen LogP contribution in [0.4, 0.5) is 9.59 Å². The number of alkyl carbamates (subject to hydrolysis) is 1. The summed E-state index contributed by atoms with van der Waals surface area (Å²) < 4.78 is 10.1. The summed E-state index contributed by atoms with van der Waals surface area (Å²) in [6, 6.07) is 9.98. The lowest BCUT2D eigenvalue weighted by molar-refractivity contribution is -0.129. The van der Waals surface area contributed by atoms with Crippen LogP contribution < -0.4 is 5.32 Å². The zero-order valence-electron chi connectivity index (χ0n) is 15.4. The summed E-state index contributed by atoms with van der Waals surface area (Å²) in [5.74, 6) is 0.0901. The Bertz CT molecular complexity index is 656. The van der Waals surface area contributed by atoms with E-state index in [0.29, 0.717) is 26.0 Å². The van der Waals surface area contributed by atoms with E-state index in [4.69, 9.17) is 9.47 Å². The molecule has 0 aromatic heterocycles. The normalized spacial score (nSPS) is 22.2. The number of imide groups is 1. The molecule has 7 heteroatoms. The van der Waals surface area contributed by atoms with Crippen LogP contribution in [0.5, 0.6) is 0 Å². The third-order valence-electron chi connectivity index (χ3n) is 5.16. The van der Waals surface area contributed by atoms with Crippen LogP contribution in [0.2, 0.25) is 0 Å². The Morgan fingerprint density at radius 1 is 1.15 bits per heavy atom. The number of carbonyl (C=O) groups excluding carboxylic acids is 3. The van der Waals surface area contributed by atoms with Crippen LogP contribution >= 0.6 is 0 Å². The van der Waals surface area contributed by atoms with Crippen molar-refractivity contribution in [1.29, 1.82) is 0 Å². The molecule has 3 rings (SSSR count). The van der Waals surface area contributed by atoms with E-state index in [1.807, 2.05) is 30.3 Å². The van der Waals surface area contributed by atoms with E-state index in [2.05, 4.69) is 5.32 Å². The summed E-state index contributed by atoms with van der Waals surface area (Å²) >= 11 is 0. The molecule has 1 heterocycles. The molecular weight excluding hydrogens is 348 g/mol. The highest BCUT2D eigenvalue weighted by Crippen LogP contribution is 2.28. The van der Waals surface area contributed by atoms with Crippen molar-refractivity contribution >= 4 is 18.1 Å². The van der Waals surface area contributed by atoms with Gasteiger partial charge in [-0.3, -0.25) is 4.79 Å². The number of hydrogen-bond donors (Lipinski definition) is 1. The fourth-order valence-electron chi connectivity index (χ4n) is 3.60. The summed E-state index contributed by atoms with van der Waals surface area (Å²) in [6.45, 7) is 0.989. The topological polar surface area (TPSA) is 84.9 Å². The molecule has 3 amide bonds. The molecule has 27 heavy (non-hydrogen) atoms. The predicted molar refractivity (Wildman–Crippen MR) is 98.1 cm³/mol. The zero-order valence-corrected chi connectivity index (χ0v) is 15.4. The van der Waals surface area contributed by atoms with Crippen molar-refractivity contribution in [3.8, 4) is 0 Å². The second kappa shape index (κ2) is 9.39. The molecule has 1 aromatic carbocycles. The van der Waals surface area contributed by atoms with Crippen LogP contribution in [-0.4, -0.2) is 48.8 Å². The molecule has 1 N–H and O–H groups in total. The molecule has 1 aliphatic heterocycles. The Morgan fingerprint density at radius 3 is 2.56 bits per heavy atom. The molecule has 1 aromatic rings. The summed E-state index contributed by atoms with van der Waals surface area (Å²) in [4.78, 5) is 36.7. The van der Waals surface area contributed by atoms with Gasteiger partial charge < -0.3 is 14.8 Å². The van der Waals surface area contributed by atoms with Gasteiger partial charge in [0.1, 0.15) is 6.61 Å². The van der Waals surface area contributed by atoms with E-state index >= 15 is 0 Å². The summed E-state index contributed by atoms with van der Waals surface area (Å²) in [6.07, 6.45) is 3.48. The molecule has 2 aliphatic rings. The number of nitrogens with zero attached hydrogens (tertiary/aromatic N) is 1. The number of amides is 3. The quantitative estimate of drug-likeness (QED) is 0.828. The van der Waals surface area contributed by atoms with Crippen molar-refractivity contribution in [2.75, 3.05) is 19.8 Å². The van der Waals surface area contributed by atoms with Crippen molar-refractivity contribution in [2.45, 2.75) is 44.6 Å². The summed E-state index contributed by atoms with van der Waals surface area (Å²) in [5, 5.41) is 2.91. The third kappa shape index (κ3) is 5.70. The number of cyclic esters (lactones) is 1. The van der Waals surface area contributed by atoms with Gasteiger partial charge in [0.25, 0.3) is 0 Å². The fraction of sp³-hybridized carbons (Fsp3) is 0.550. The van der Waals surface area contributed by atoms with Crippen LogP contribution in [0.25, 0.3) is 0 Å². The van der Waals surface area contributed by atoms with Gasteiger partial charge in [0, 0.05) is 18.9 Å². The monoisotopic (exact) mass is 374 g/mol. The maximum atomic E-state index is 12.2. The Morgan fingerprint density at radius 2 is 1.89 bits per heavy atom. The highest BCUT2D eigenvalue weighted by atomic mass is 16.6. The van der Waals surface area contributed by atoms with Crippen LogP contribution in [0, 0.1) is 5.92 Å². The largest absolute Gasteiger partial charge is 0.449 e. The standard InChI is InChI=1S/C20H26N2O5/c23-18(22-11-13-27-20(22)25)14-16-6-8-17(9-7-16)21-19(24)26-12-10-15-4-2-1-3-5-15/h1-5,16-17H,6-14H2,(H,21,24). The van der Waals surface area contributed by atoms with Gasteiger partial charge in [-0.25, -0.2) is 14.5 Å². The van der Waals surface area contributed by atoms with E-state index in [1.165, 1.54) is 4.90 Å². The number of carbonyl (C=O) groups is 3. The van der Waals surface area contributed by atoms with E-state index in [1.54, 1.807) is 0 Å². The second-order valence-electron chi connectivity index (χ2n) is 7.10. The van der Waals surface area contributed by atoms with Crippen LogP contribution in [0.15, 0.2) is 30.3 Å². The molecule has 7 nitrogen and oxygen atoms in total. The highest BCUT2D eigenvalue weighted by Gasteiger charge is 2.31. The second-order valence-corrected chi connectivity index (χ2v) is 7.10. The van der Waals surface area contributed by atoms with Crippen LogP contribution in [0.1, 0.15) is 37.7 Å². The third-order valence-corrected chi connectivity index (χ3v) is 5.16. The van der Waals surface area contributed by atoms with Gasteiger partial charge in [-0.2, -0.15) is 0 Å². The zero-order chi connectivity index (χ0) is 19.1. The smallest absolute Gasteiger partial charge is 0.416 e. The number of nitrogens with one attached hydrogen (secondary N) is 1. The Hall–Kier alpha value is -2.57. The fourth-order valence-corrected chi connectivity index (χ4v) is 3.60. The average Bonchev–Trinajstić information content (AvgIpc) is 3.10. The minimum absolute atomic E-state index is 0.0809. The van der Waals surface area contributed by atoms with E-state index in [0.717, 1.165) is 31.2 Å². The van der Waals surface area contributed by atoms with Gasteiger partial charge in [-0.1, -0.05) is 30.3 Å². The molecule has 0 atom stereocenters. The van der Waals surface area contributed by atoms with Crippen molar-refractivity contribution in [1.82, 2.24) is 10.2 Å². The first kappa shape index (κ1) is 19.2. The van der Waals surface area contributed by atoms with Crippen molar-refractivity contribution in [3.63, 3.8) is 0 Å².